The van der Waals surface area contributed by atoms with Crippen molar-refractivity contribution in [2.45, 2.75) is 74.8 Å². The SMILES string of the molecule is NC[C@@H](O)[C@H](Cc1ccccc1)NC(=O)O[C@H]1CO[C@H]2OCC[C@H]21.O=C(N[C@@H](Cc1ccccc1)[C@H](O)CNCC(=O)c1ccccc1)O[C@H]1CO[C@H]2OCC[C@H]21. The topological polar surface area (TPSA) is 209 Å². The summed E-state index contributed by atoms with van der Waals surface area (Å²) in [5.74, 6) is 0.0611. The summed E-state index contributed by atoms with van der Waals surface area (Å²) < 4.78 is 33.0. The van der Waals surface area contributed by atoms with Crippen LogP contribution in [0.1, 0.15) is 34.3 Å². The number of fused-ring (bicyclic) bond motifs is 2. The number of aliphatic hydroxyl groups excluding tert-OH is 2. The molecule has 57 heavy (non-hydrogen) atoms. The Balaban J connectivity index is 0.000000203. The molecular weight excluding hydrogens is 736 g/mol. The van der Waals surface area contributed by atoms with Crippen LogP contribution >= 0.6 is 0 Å². The minimum atomic E-state index is -0.927. The molecule has 3 aromatic rings. The number of benzene rings is 3. The molecule has 7 N–H and O–H groups in total. The third-order valence-corrected chi connectivity index (χ3v) is 10.6. The number of aliphatic hydroxyl groups is 2. The number of rotatable bonds is 16. The van der Waals surface area contributed by atoms with Gasteiger partial charge in [0.05, 0.1) is 69.1 Å². The Labute approximate surface area is 332 Å². The van der Waals surface area contributed by atoms with Gasteiger partial charge in [0.25, 0.3) is 0 Å². The fourth-order valence-corrected chi connectivity index (χ4v) is 7.41. The number of ketones is 1. The molecule has 4 fully saturated rings. The lowest BCUT2D eigenvalue weighted by atomic mass is 10.0. The highest BCUT2D eigenvalue weighted by Crippen LogP contribution is 2.34. The summed E-state index contributed by atoms with van der Waals surface area (Å²) in [6.45, 7) is 2.15. The zero-order valence-electron chi connectivity index (χ0n) is 31.9. The van der Waals surface area contributed by atoms with Crippen molar-refractivity contribution in [3.63, 3.8) is 0 Å². The van der Waals surface area contributed by atoms with Crippen molar-refractivity contribution in [2.75, 3.05) is 46.1 Å². The predicted octanol–water partition coefficient (Wildman–Crippen LogP) is 2.32. The van der Waals surface area contributed by atoms with Crippen LogP contribution in [0.3, 0.4) is 0 Å². The first-order valence-corrected chi connectivity index (χ1v) is 19.6. The van der Waals surface area contributed by atoms with Crippen LogP contribution < -0.4 is 21.7 Å². The third-order valence-electron chi connectivity index (χ3n) is 10.6. The molecule has 4 aliphatic rings. The number of Topliss-reactive ketones (excluding diaryl/α,β-unsaturated/α-hetero) is 1. The van der Waals surface area contributed by atoms with Gasteiger partial charge < -0.3 is 60.3 Å². The van der Waals surface area contributed by atoms with Crippen molar-refractivity contribution in [3.05, 3.63) is 108 Å². The molecule has 4 saturated heterocycles. The molecule has 0 saturated carbocycles. The molecule has 3 aromatic carbocycles. The number of hydrogen-bond donors (Lipinski definition) is 6. The molecule has 0 spiro atoms. The summed E-state index contributed by atoms with van der Waals surface area (Å²) >= 11 is 0. The van der Waals surface area contributed by atoms with Crippen molar-refractivity contribution in [2.24, 2.45) is 17.6 Å². The Bertz CT molecular complexity index is 1690. The van der Waals surface area contributed by atoms with E-state index in [1.54, 1.807) is 12.1 Å². The standard InChI is InChI=1S/C25H30N2O6.C17H24N2O5/c28-21(18-9-5-2-6-10-18)14-26-15-22(29)20(13-17-7-3-1-4-8-17)27-25(30)33-23-16-32-24-19(23)11-12-31-24;18-9-14(20)13(8-11-4-2-1-3-5-11)19-17(21)24-15-10-23-16-12(15)6-7-22-16/h1-10,19-20,22-24,26,29H,11-16H2,(H,27,30);1-5,12-16,20H,6-10,18H2,(H,19,21)/t19-,20-,22+,23-,24+;12-,13-,14+,15-,16+/m00/s1. The van der Waals surface area contributed by atoms with E-state index in [0.717, 1.165) is 24.0 Å². The first-order valence-electron chi connectivity index (χ1n) is 19.6. The molecule has 0 bridgehead atoms. The average molecular weight is 791 g/mol. The van der Waals surface area contributed by atoms with Crippen molar-refractivity contribution >= 4 is 18.0 Å². The van der Waals surface area contributed by atoms with Gasteiger partial charge in [-0.25, -0.2) is 9.59 Å². The second-order valence-corrected chi connectivity index (χ2v) is 14.6. The van der Waals surface area contributed by atoms with Crippen LogP contribution in [-0.2, 0) is 41.3 Å². The van der Waals surface area contributed by atoms with E-state index in [0.29, 0.717) is 44.8 Å². The number of ether oxygens (including phenoxy) is 6. The molecule has 0 radical (unpaired) electrons. The Hall–Kier alpha value is -4.45. The molecule has 0 unspecified atom stereocenters. The second kappa shape index (κ2) is 21.3. The summed E-state index contributed by atoms with van der Waals surface area (Å²) in [6, 6.07) is 27.1. The smallest absolute Gasteiger partial charge is 0.407 e. The lowest BCUT2D eigenvalue weighted by Crippen LogP contribution is -2.50. The van der Waals surface area contributed by atoms with Crippen molar-refractivity contribution < 1.29 is 53.0 Å². The quantitative estimate of drug-likeness (QED) is 0.115. The van der Waals surface area contributed by atoms with Crippen LogP contribution in [0.2, 0.25) is 0 Å². The van der Waals surface area contributed by atoms with E-state index >= 15 is 0 Å². The molecule has 2 amide bonds. The Morgan fingerprint density at radius 1 is 0.667 bits per heavy atom. The molecule has 0 aliphatic carbocycles. The number of alkyl carbamates (subject to hydrolysis) is 2. The van der Waals surface area contributed by atoms with Crippen LogP contribution in [0.15, 0.2) is 91.0 Å². The van der Waals surface area contributed by atoms with Gasteiger partial charge in [-0.2, -0.15) is 0 Å². The van der Waals surface area contributed by atoms with Gasteiger partial charge in [-0.3, -0.25) is 4.79 Å². The summed E-state index contributed by atoms with van der Waals surface area (Å²) in [4.78, 5) is 37.2. The minimum absolute atomic E-state index is 0.0407. The van der Waals surface area contributed by atoms with Crippen molar-refractivity contribution in [1.29, 1.82) is 0 Å². The Kier molecular flexibility index (Phi) is 15.8. The van der Waals surface area contributed by atoms with E-state index in [-0.39, 0.29) is 62.0 Å². The van der Waals surface area contributed by atoms with E-state index in [1.807, 2.05) is 78.9 Å². The largest absolute Gasteiger partial charge is 0.443 e. The highest BCUT2D eigenvalue weighted by molar-refractivity contribution is 5.97. The normalized spacial score (nSPS) is 25.5. The maximum atomic E-state index is 12.6. The van der Waals surface area contributed by atoms with Gasteiger partial charge >= 0.3 is 12.2 Å². The van der Waals surface area contributed by atoms with Gasteiger partial charge in [-0.15, -0.1) is 0 Å². The molecule has 4 aliphatic heterocycles. The summed E-state index contributed by atoms with van der Waals surface area (Å²) in [5, 5.41) is 29.5. The Morgan fingerprint density at radius 2 is 1.12 bits per heavy atom. The lowest BCUT2D eigenvalue weighted by molar-refractivity contribution is -0.0909. The zero-order valence-corrected chi connectivity index (χ0v) is 31.9. The number of carbonyl (C=O) groups is 3. The summed E-state index contributed by atoms with van der Waals surface area (Å²) in [7, 11) is 0. The van der Waals surface area contributed by atoms with Gasteiger partial charge in [-0.05, 0) is 36.8 Å². The van der Waals surface area contributed by atoms with Crippen molar-refractivity contribution in [3.8, 4) is 0 Å². The van der Waals surface area contributed by atoms with Gasteiger partial charge in [0.15, 0.2) is 18.4 Å². The molecule has 0 aromatic heterocycles. The molecular formula is C42H54N4O11. The van der Waals surface area contributed by atoms with E-state index in [4.69, 9.17) is 34.2 Å². The average Bonchev–Trinajstić information content (AvgIpc) is 4.05. The van der Waals surface area contributed by atoms with Crippen molar-refractivity contribution in [1.82, 2.24) is 16.0 Å². The Morgan fingerprint density at radius 3 is 1.60 bits per heavy atom. The zero-order chi connectivity index (χ0) is 40.0. The number of nitrogens with two attached hydrogens (primary N) is 1. The molecule has 15 nitrogen and oxygen atoms in total. The van der Waals surface area contributed by atoms with Crippen LogP contribution in [0.5, 0.6) is 0 Å². The van der Waals surface area contributed by atoms with E-state index in [2.05, 4.69) is 16.0 Å². The van der Waals surface area contributed by atoms with E-state index in [9.17, 15) is 24.6 Å². The molecule has 308 valence electrons. The van der Waals surface area contributed by atoms with E-state index < -0.39 is 36.5 Å². The first kappa shape index (κ1) is 42.2. The highest BCUT2D eigenvalue weighted by Gasteiger charge is 2.45. The maximum absolute atomic E-state index is 12.6. The van der Waals surface area contributed by atoms with Gasteiger partial charge in [-0.1, -0.05) is 91.0 Å². The molecule has 4 heterocycles. The van der Waals surface area contributed by atoms with Crippen LogP contribution in [0.4, 0.5) is 9.59 Å². The fraction of sp³-hybridized carbons (Fsp3) is 0.500. The first-order chi connectivity index (χ1) is 27.8. The van der Waals surface area contributed by atoms with Crippen LogP contribution in [-0.4, -0.2) is 123 Å². The lowest BCUT2D eigenvalue weighted by Gasteiger charge is -2.26. The maximum Gasteiger partial charge on any atom is 0.407 e. The molecule has 7 rings (SSSR count). The third kappa shape index (κ3) is 12.3. The second-order valence-electron chi connectivity index (χ2n) is 14.6. The number of hydrogen-bond acceptors (Lipinski definition) is 13. The number of amides is 2. The van der Waals surface area contributed by atoms with Gasteiger partial charge in [0.1, 0.15) is 12.2 Å². The molecule has 10 atom stereocenters. The minimum Gasteiger partial charge on any atom is -0.443 e. The van der Waals surface area contributed by atoms with Crippen LogP contribution in [0, 0.1) is 11.8 Å². The number of nitrogens with one attached hydrogen (secondary N) is 3. The number of carbonyl (C=O) groups excluding carboxylic acids is 3. The predicted molar refractivity (Wildman–Crippen MR) is 207 cm³/mol. The highest BCUT2D eigenvalue weighted by atomic mass is 16.7. The summed E-state index contributed by atoms with van der Waals surface area (Å²) in [5.41, 5.74) is 8.14. The monoisotopic (exact) mass is 790 g/mol. The van der Waals surface area contributed by atoms with Gasteiger partial charge in [0.2, 0.25) is 0 Å². The fourth-order valence-electron chi connectivity index (χ4n) is 7.41. The van der Waals surface area contributed by atoms with Gasteiger partial charge in [0, 0.05) is 18.7 Å². The summed E-state index contributed by atoms with van der Waals surface area (Å²) in [6.07, 6.45) is -1.69. The van der Waals surface area contributed by atoms with Crippen LogP contribution in [0.25, 0.3) is 0 Å². The van der Waals surface area contributed by atoms with E-state index in [1.165, 1.54) is 0 Å². The molecule has 15 heteroatoms.